The van der Waals surface area contributed by atoms with E-state index in [-0.39, 0.29) is 5.56 Å². The monoisotopic (exact) mass is 308 g/mol. The smallest absolute Gasteiger partial charge is 0.347 e. The van der Waals surface area contributed by atoms with Gasteiger partial charge in [-0.05, 0) is 12.1 Å². The maximum atomic E-state index is 13.2. The molecule has 9 nitrogen and oxygen atoms in total. The van der Waals surface area contributed by atoms with Crippen molar-refractivity contribution in [3.05, 3.63) is 62.9 Å². The second kappa shape index (κ2) is 5.99. The molecule has 114 valence electrons. The van der Waals surface area contributed by atoms with Crippen LogP contribution in [0.3, 0.4) is 0 Å². The third-order valence-corrected chi connectivity index (χ3v) is 2.65. The lowest BCUT2D eigenvalue weighted by atomic mass is 10.2. The number of hydrogen-bond donors (Lipinski definition) is 3. The van der Waals surface area contributed by atoms with Crippen LogP contribution in [0.2, 0.25) is 0 Å². The van der Waals surface area contributed by atoms with Gasteiger partial charge >= 0.3 is 11.7 Å². The van der Waals surface area contributed by atoms with Crippen LogP contribution in [0.5, 0.6) is 0 Å². The van der Waals surface area contributed by atoms with Gasteiger partial charge < -0.3 is 10.4 Å². The third-order valence-electron chi connectivity index (χ3n) is 2.65. The van der Waals surface area contributed by atoms with Crippen molar-refractivity contribution in [1.82, 2.24) is 19.9 Å². The number of halogens is 1. The summed E-state index contributed by atoms with van der Waals surface area (Å²) in [4.78, 5) is 50.9. The predicted molar refractivity (Wildman–Crippen MR) is 69.7 cm³/mol. The van der Waals surface area contributed by atoms with Crippen LogP contribution < -0.4 is 16.6 Å². The van der Waals surface area contributed by atoms with E-state index in [0.717, 1.165) is 0 Å². The highest BCUT2D eigenvalue weighted by molar-refractivity contribution is 5.95. The molecule has 10 heteroatoms. The predicted octanol–water partition coefficient (Wildman–Crippen LogP) is -0.916. The van der Waals surface area contributed by atoms with E-state index in [0.29, 0.717) is 10.8 Å². The fourth-order valence-corrected chi connectivity index (χ4v) is 1.61. The van der Waals surface area contributed by atoms with Gasteiger partial charge in [0.05, 0.1) is 6.20 Å². The molecule has 0 spiro atoms. The van der Waals surface area contributed by atoms with E-state index in [2.05, 4.69) is 4.98 Å². The molecule has 0 unspecified atom stereocenters. The van der Waals surface area contributed by atoms with E-state index in [1.54, 1.807) is 4.98 Å². The molecule has 0 aromatic carbocycles. The summed E-state index contributed by atoms with van der Waals surface area (Å²) in [5.41, 5.74) is -2.36. The van der Waals surface area contributed by atoms with Crippen molar-refractivity contribution in [3.8, 4) is 0 Å². The lowest BCUT2D eigenvalue weighted by Crippen LogP contribution is -2.44. The van der Waals surface area contributed by atoms with Crippen LogP contribution in [-0.2, 0) is 4.79 Å². The lowest BCUT2D eigenvalue weighted by molar-refractivity contribution is -0.141. The van der Waals surface area contributed by atoms with Gasteiger partial charge in [-0.2, -0.15) is 4.39 Å². The number of carbonyl (C=O) groups excluding carboxylic acids is 1. The van der Waals surface area contributed by atoms with E-state index in [9.17, 15) is 23.6 Å². The summed E-state index contributed by atoms with van der Waals surface area (Å²) in [6.07, 6.45) is 1.15. The molecule has 0 fully saturated rings. The molecule has 0 aliphatic carbocycles. The van der Waals surface area contributed by atoms with Gasteiger partial charge in [0.25, 0.3) is 11.5 Å². The fraction of sp³-hybridized carbons (Fsp3) is 0.0833. The quantitative estimate of drug-likeness (QED) is 0.669. The van der Waals surface area contributed by atoms with Crippen molar-refractivity contribution in [2.75, 3.05) is 0 Å². The number of hydrogen-bond acceptors (Lipinski definition) is 5. The number of amides is 1. The molecule has 2 heterocycles. The maximum Gasteiger partial charge on any atom is 0.347 e. The van der Waals surface area contributed by atoms with Crippen molar-refractivity contribution >= 4 is 11.9 Å². The van der Waals surface area contributed by atoms with Crippen LogP contribution in [0, 0.1) is 5.82 Å². The average Bonchev–Trinajstić information content (AvgIpc) is 2.49. The van der Waals surface area contributed by atoms with Crippen LogP contribution in [0.1, 0.15) is 16.5 Å². The van der Waals surface area contributed by atoms with Gasteiger partial charge in [-0.15, -0.1) is 0 Å². The zero-order valence-electron chi connectivity index (χ0n) is 10.8. The Morgan fingerprint density at radius 2 is 1.95 bits per heavy atom. The molecule has 1 amide bonds. The van der Waals surface area contributed by atoms with Gasteiger partial charge in [-0.3, -0.25) is 24.1 Å². The second-order valence-corrected chi connectivity index (χ2v) is 4.09. The van der Waals surface area contributed by atoms with Gasteiger partial charge in [0, 0.05) is 18.0 Å². The van der Waals surface area contributed by atoms with Gasteiger partial charge in [0.15, 0.2) is 0 Å². The SMILES string of the molecule is O=C(N[C@H](C(=O)O)n1cc(F)c(=O)[nH]c1=O)c1ccncc1. The molecular formula is C12H9FN4O5. The fourth-order valence-electron chi connectivity index (χ4n) is 1.61. The molecule has 22 heavy (non-hydrogen) atoms. The number of carbonyl (C=O) groups is 2. The Kier molecular flexibility index (Phi) is 4.11. The Balaban J connectivity index is 2.38. The van der Waals surface area contributed by atoms with Gasteiger partial charge in [-0.1, -0.05) is 0 Å². The molecule has 2 aromatic heterocycles. The van der Waals surface area contributed by atoms with Crippen molar-refractivity contribution in [2.24, 2.45) is 0 Å². The molecular weight excluding hydrogens is 299 g/mol. The Labute approximate surface area is 121 Å². The highest BCUT2D eigenvalue weighted by Crippen LogP contribution is 2.03. The van der Waals surface area contributed by atoms with Crippen LogP contribution in [-0.4, -0.2) is 31.5 Å². The number of pyridine rings is 1. The van der Waals surface area contributed by atoms with Crippen molar-refractivity contribution in [1.29, 1.82) is 0 Å². The normalized spacial score (nSPS) is 11.7. The second-order valence-electron chi connectivity index (χ2n) is 4.09. The van der Waals surface area contributed by atoms with Gasteiger partial charge in [0.2, 0.25) is 12.0 Å². The van der Waals surface area contributed by atoms with Crippen molar-refractivity contribution in [2.45, 2.75) is 6.17 Å². The molecule has 0 saturated carbocycles. The van der Waals surface area contributed by atoms with Crippen LogP contribution in [0.15, 0.2) is 40.3 Å². The highest BCUT2D eigenvalue weighted by atomic mass is 19.1. The lowest BCUT2D eigenvalue weighted by Gasteiger charge is -2.16. The minimum atomic E-state index is -1.89. The number of nitrogens with zero attached hydrogens (tertiary/aromatic N) is 2. The number of carboxylic acids is 1. The molecule has 2 rings (SSSR count). The summed E-state index contributed by atoms with van der Waals surface area (Å²) >= 11 is 0. The number of aliphatic carboxylic acids is 1. The molecule has 0 aliphatic heterocycles. The van der Waals surface area contributed by atoms with E-state index in [1.165, 1.54) is 24.5 Å². The summed E-state index contributed by atoms with van der Waals surface area (Å²) < 4.78 is 13.6. The summed E-state index contributed by atoms with van der Waals surface area (Å²) in [6.45, 7) is 0. The Morgan fingerprint density at radius 1 is 1.32 bits per heavy atom. The number of carboxylic acid groups (broad SMARTS) is 1. The number of nitrogens with one attached hydrogen (secondary N) is 2. The maximum absolute atomic E-state index is 13.2. The van der Waals surface area contributed by atoms with Crippen LogP contribution in [0.4, 0.5) is 4.39 Å². The van der Waals surface area contributed by atoms with E-state index in [1.807, 2.05) is 5.32 Å². The molecule has 0 bridgehead atoms. The first-order valence-corrected chi connectivity index (χ1v) is 5.85. The minimum Gasteiger partial charge on any atom is -0.478 e. The molecule has 1 atom stereocenters. The first-order valence-electron chi connectivity index (χ1n) is 5.85. The molecule has 0 radical (unpaired) electrons. The number of rotatable bonds is 4. The number of aromatic amines is 1. The Morgan fingerprint density at radius 3 is 2.55 bits per heavy atom. The van der Waals surface area contributed by atoms with Crippen LogP contribution in [0.25, 0.3) is 0 Å². The number of H-pyrrole nitrogens is 1. The summed E-state index contributed by atoms with van der Waals surface area (Å²) in [5.74, 6) is -3.78. The molecule has 0 saturated heterocycles. The van der Waals surface area contributed by atoms with Gasteiger partial charge in [-0.25, -0.2) is 9.59 Å². The van der Waals surface area contributed by atoms with E-state index in [4.69, 9.17) is 5.11 Å². The van der Waals surface area contributed by atoms with Gasteiger partial charge in [0.1, 0.15) is 0 Å². The molecule has 0 aliphatic rings. The largest absolute Gasteiger partial charge is 0.478 e. The molecule has 2 aromatic rings. The zero-order chi connectivity index (χ0) is 16.3. The summed E-state index contributed by atoms with van der Waals surface area (Å²) in [6, 6.07) is 2.65. The first kappa shape index (κ1) is 15.1. The third kappa shape index (κ3) is 3.06. The van der Waals surface area contributed by atoms with Crippen molar-refractivity contribution < 1.29 is 19.1 Å². The zero-order valence-corrected chi connectivity index (χ0v) is 10.8. The first-order chi connectivity index (χ1) is 10.4. The minimum absolute atomic E-state index is 0.0965. The van der Waals surface area contributed by atoms with Crippen molar-refractivity contribution in [3.63, 3.8) is 0 Å². The summed E-state index contributed by atoms with van der Waals surface area (Å²) in [7, 11) is 0. The molecule has 3 N–H and O–H groups in total. The highest BCUT2D eigenvalue weighted by Gasteiger charge is 2.24. The van der Waals surface area contributed by atoms with Crippen LogP contribution >= 0.6 is 0 Å². The topological polar surface area (TPSA) is 134 Å². The number of aromatic nitrogens is 3. The standard InChI is InChI=1S/C12H9FN4O5/c13-7-5-17(12(22)16-10(7)19)8(11(20)21)15-9(18)6-1-3-14-4-2-6/h1-5,8H,(H,15,18)(H,20,21)(H,16,19,22)/t8-/m0/s1. The Hall–Kier alpha value is -3.30. The van der Waals surface area contributed by atoms with E-state index < -0.39 is 35.1 Å². The van der Waals surface area contributed by atoms with E-state index >= 15 is 0 Å². The average molecular weight is 308 g/mol. The Bertz CT molecular complexity index is 829. The summed E-state index contributed by atoms with van der Waals surface area (Å²) in [5, 5.41) is 11.2.